The van der Waals surface area contributed by atoms with Crippen LogP contribution >= 0.6 is 0 Å². The van der Waals surface area contributed by atoms with Gasteiger partial charge in [-0.2, -0.15) is 5.01 Å². The first-order chi connectivity index (χ1) is 8.73. The second-order valence-electron chi connectivity index (χ2n) is 5.04. The number of hydrogen-bond donors (Lipinski definition) is 2. The van der Waals surface area contributed by atoms with Gasteiger partial charge in [0.25, 0.3) is 0 Å². The Morgan fingerprint density at radius 2 is 2.21 bits per heavy atom. The SMILES string of the molecule is CN(C)C1=NN(C(=O)NC(C)(C)CF)C(C=O)N1N. The molecule has 0 saturated carbocycles. The quantitative estimate of drug-likeness (QED) is 0.524. The minimum Gasteiger partial charge on any atom is -0.346 e. The summed E-state index contributed by atoms with van der Waals surface area (Å²) in [5.41, 5.74) is -1.04. The fourth-order valence-corrected chi connectivity index (χ4v) is 1.43. The summed E-state index contributed by atoms with van der Waals surface area (Å²) in [6, 6.07) is -0.688. The highest BCUT2D eigenvalue weighted by Crippen LogP contribution is 2.14. The molecular weight excluding hydrogens is 255 g/mol. The van der Waals surface area contributed by atoms with Crippen molar-refractivity contribution in [3.8, 4) is 0 Å². The summed E-state index contributed by atoms with van der Waals surface area (Å²) in [6.45, 7) is 2.30. The molecule has 1 aliphatic heterocycles. The molecule has 1 heterocycles. The summed E-state index contributed by atoms with van der Waals surface area (Å²) in [6.07, 6.45) is -0.560. The maximum atomic E-state index is 12.7. The fraction of sp³-hybridized carbons (Fsp3) is 0.700. The third-order valence-corrected chi connectivity index (χ3v) is 2.47. The molecule has 108 valence electrons. The first kappa shape index (κ1) is 15.2. The zero-order valence-electron chi connectivity index (χ0n) is 11.4. The third kappa shape index (κ3) is 3.11. The summed E-state index contributed by atoms with van der Waals surface area (Å²) in [5, 5.41) is 8.34. The first-order valence-electron chi connectivity index (χ1n) is 5.66. The Morgan fingerprint density at radius 1 is 1.63 bits per heavy atom. The van der Waals surface area contributed by atoms with Gasteiger partial charge in [-0.3, -0.25) is 4.79 Å². The lowest BCUT2D eigenvalue weighted by Gasteiger charge is -2.27. The Balaban J connectivity index is 2.92. The number of carbonyl (C=O) groups is 2. The molecule has 0 spiro atoms. The molecule has 19 heavy (non-hydrogen) atoms. The van der Waals surface area contributed by atoms with Gasteiger partial charge in [-0.15, -0.1) is 5.10 Å². The van der Waals surface area contributed by atoms with E-state index < -0.39 is 24.4 Å². The standard InChI is InChI=1S/C10H19FN6O2/c1-10(2,6-11)13-9(19)17-7(5-18)16(12)8(14-17)15(3)4/h5,7H,6,12H2,1-4H3,(H,13,19). The summed E-state index contributed by atoms with van der Waals surface area (Å²) >= 11 is 0. The van der Waals surface area contributed by atoms with E-state index >= 15 is 0 Å². The van der Waals surface area contributed by atoms with Crippen molar-refractivity contribution in [2.45, 2.75) is 25.6 Å². The van der Waals surface area contributed by atoms with Crippen LogP contribution in [-0.2, 0) is 4.79 Å². The zero-order valence-corrected chi connectivity index (χ0v) is 11.4. The number of hydrazine groups is 1. The Hall–Kier alpha value is -1.90. The van der Waals surface area contributed by atoms with Gasteiger partial charge in [0.1, 0.15) is 6.67 Å². The van der Waals surface area contributed by atoms with Gasteiger partial charge in [-0.05, 0) is 13.8 Å². The molecule has 0 aromatic rings. The van der Waals surface area contributed by atoms with Gasteiger partial charge in [0, 0.05) is 14.1 Å². The van der Waals surface area contributed by atoms with E-state index in [2.05, 4.69) is 10.4 Å². The average Bonchev–Trinajstić information content (AvgIpc) is 2.65. The maximum Gasteiger partial charge on any atom is 0.340 e. The molecule has 0 fully saturated rings. The molecule has 1 aliphatic rings. The lowest BCUT2D eigenvalue weighted by molar-refractivity contribution is -0.114. The molecular formula is C10H19FN6O2. The molecule has 0 aliphatic carbocycles. The molecule has 0 radical (unpaired) electrons. The molecule has 1 unspecified atom stereocenters. The van der Waals surface area contributed by atoms with Crippen LogP contribution in [0.5, 0.6) is 0 Å². The largest absolute Gasteiger partial charge is 0.346 e. The van der Waals surface area contributed by atoms with Crippen molar-refractivity contribution in [2.24, 2.45) is 10.9 Å². The third-order valence-electron chi connectivity index (χ3n) is 2.47. The van der Waals surface area contributed by atoms with Gasteiger partial charge >= 0.3 is 6.03 Å². The number of alkyl halides is 1. The van der Waals surface area contributed by atoms with E-state index in [1.807, 2.05) is 0 Å². The number of hydrazone groups is 1. The Labute approximate surface area is 111 Å². The lowest BCUT2D eigenvalue weighted by Crippen LogP contribution is -2.56. The lowest BCUT2D eigenvalue weighted by atomic mass is 10.1. The highest BCUT2D eigenvalue weighted by atomic mass is 19.1. The van der Waals surface area contributed by atoms with Crippen molar-refractivity contribution < 1.29 is 14.0 Å². The summed E-state index contributed by atoms with van der Waals surface area (Å²) in [4.78, 5) is 24.6. The van der Waals surface area contributed by atoms with E-state index in [0.29, 0.717) is 6.29 Å². The van der Waals surface area contributed by atoms with E-state index in [0.717, 1.165) is 10.0 Å². The van der Waals surface area contributed by atoms with Crippen LogP contribution in [0, 0.1) is 0 Å². The van der Waals surface area contributed by atoms with Crippen LogP contribution in [0.3, 0.4) is 0 Å². The van der Waals surface area contributed by atoms with Gasteiger partial charge in [-0.25, -0.2) is 20.0 Å². The molecule has 0 saturated heterocycles. The normalized spacial score (nSPS) is 19.3. The molecule has 2 amide bonds. The predicted molar refractivity (Wildman–Crippen MR) is 67.4 cm³/mol. The molecule has 8 nitrogen and oxygen atoms in total. The molecule has 3 N–H and O–H groups in total. The molecule has 0 bridgehead atoms. The van der Waals surface area contributed by atoms with Gasteiger partial charge in [-0.1, -0.05) is 0 Å². The van der Waals surface area contributed by atoms with Crippen LogP contribution in [0.15, 0.2) is 5.10 Å². The van der Waals surface area contributed by atoms with Crippen LogP contribution in [0.4, 0.5) is 9.18 Å². The predicted octanol–water partition coefficient (Wildman–Crippen LogP) is -0.707. The summed E-state index contributed by atoms with van der Waals surface area (Å²) < 4.78 is 12.7. The zero-order chi connectivity index (χ0) is 14.8. The van der Waals surface area contributed by atoms with Crippen molar-refractivity contribution in [1.29, 1.82) is 0 Å². The minimum atomic E-state index is -1.05. The molecule has 9 heteroatoms. The van der Waals surface area contributed by atoms with Crippen molar-refractivity contribution in [1.82, 2.24) is 20.2 Å². The van der Waals surface area contributed by atoms with Gasteiger partial charge in [0.15, 0.2) is 6.29 Å². The Kier molecular flexibility index (Phi) is 4.30. The van der Waals surface area contributed by atoms with Crippen molar-refractivity contribution in [3.63, 3.8) is 0 Å². The van der Waals surface area contributed by atoms with Crippen molar-refractivity contribution in [2.75, 3.05) is 20.8 Å². The number of aldehydes is 1. The second kappa shape index (κ2) is 5.39. The monoisotopic (exact) mass is 274 g/mol. The molecule has 1 rings (SSSR count). The Morgan fingerprint density at radius 3 is 2.63 bits per heavy atom. The topological polar surface area (TPSA) is 94.3 Å². The molecule has 0 aromatic heterocycles. The van der Waals surface area contributed by atoms with E-state index in [-0.39, 0.29) is 5.96 Å². The first-order valence-corrected chi connectivity index (χ1v) is 5.66. The molecule has 0 aromatic carbocycles. The van der Waals surface area contributed by atoms with Crippen molar-refractivity contribution in [3.05, 3.63) is 0 Å². The van der Waals surface area contributed by atoms with Crippen LogP contribution in [0.1, 0.15) is 13.8 Å². The number of halogens is 1. The van der Waals surface area contributed by atoms with Crippen LogP contribution in [0.25, 0.3) is 0 Å². The number of nitrogens with one attached hydrogen (secondary N) is 1. The van der Waals surface area contributed by atoms with E-state index in [1.165, 1.54) is 13.8 Å². The Bertz CT molecular complexity index is 397. The number of rotatable bonds is 3. The van der Waals surface area contributed by atoms with Gasteiger partial charge < -0.3 is 10.2 Å². The number of carbonyl (C=O) groups excluding carboxylic acids is 2. The number of guanidine groups is 1. The highest BCUT2D eigenvalue weighted by Gasteiger charge is 2.38. The van der Waals surface area contributed by atoms with E-state index in [4.69, 9.17) is 5.84 Å². The number of urea groups is 1. The summed E-state index contributed by atoms with van der Waals surface area (Å²) in [5.74, 6) is 5.95. The van der Waals surface area contributed by atoms with E-state index in [1.54, 1.807) is 19.0 Å². The smallest absolute Gasteiger partial charge is 0.340 e. The van der Waals surface area contributed by atoms with E-state index in [9.17, 15) is 14.0 Å². The van der Waals surface area contributed by atoms with Crippen LogP contribution < -0.4 is 11.2 Å². The highest BCUT2D eigenvalue weighted by molar-refractivity contribution is 5.89. The van der Waals surface area contributed by atoms with Gasteiger partial charge in [0.2, 0.25) is 12.1 Å². The second-order valence-corrected chi connectivity index (χ2v) is 5.04. The number of nitrogens with zero attached hydrogens (tertiary/aromatic N) is 4. The molecule has 1 atom stereocenters. The minimum absolute atomic E-state index is 0.255. The van der Waals surface area contributed by atoms with Crippen LogP contribution in [0.2, 0.25) is 0 Å². The van der Waals surface area contributed by atoms with Crippen molar-refractivity contribution >= 4 is 18.3 Å². The van der Waals surface area contributed by atoms with Crippen LogP contribution in [-0.4, -0.2) is 65.7 Å². The van der Waals surface area contributed by atoms with Gasteiger partial charge in [0.05, 0.1) is 5.54 Å². The number of hydrogen-bond acceptors (Lipinski definition) is 6. The maximum absolute atomic E-state index is 12.7. The number of amides is 2. The average molecular weight is 274 g/mol. The number of nitrogens with two attached hydrogens (primary N) is 1. The summed E-state index contributed by atoms with van der Waals surface area (Å²) in [7, 11) is 3.35. The fourth-order valence-electron chi connectivity index (χ4n) is 1.43.